The zero-order valence-corrected chi connectivity index (χ0v) is 11.6. The fourth-order valence-electron chi connectivity index (χ4n) is 2.78. The van der Waals surface area contributed by atoms with Crippen LogP contribution in [0.25, 0.3) is 0 Å². The van der Waals surface area contributed by atoms with Crippen molar-refractivity contribution in [2.75, 3.05) is 19.6 Å². The summed E-state index contributed by atoms with van der Waals surface area (Å²) in [5, 5.41) is 11.9. The molecular weight excluding hydrogens is 256 g/mol. The van der Waals surface area contributed by atoms with Gasteiger partial charge in [0, 0.05) is 32.0 Å². The van der Waals surface area contributed by atoms with Crippen molar-refractivity contribution in [1.82, 2.24) is 10.2 Å². The Kier molecular flexibility index (Phi) is 4.27. The van der Waals surface area contributed by atoms with Gasteiger partial charge in [0.1, 0.15) is 0 Å². The topological polar surface area (TPSA) is 69.6 Å². The third-order valence-corrected chi connectivity index (χ3v) is 4.05. The second-order valence-electron chi connectivity index (χ2n) is 5.33. The number of nitrogens with one attached hydrogen (secondary N) is 1. The number of nitrogens with zero attached hydrogens (tertiary/aromatic N) is 1. The predicted octanol–water partition coefficient (Wildman–Crippen LogP) is 1.83. The van der Waals surface area contributed by atoms with Gasteiger partial charge in [-0.1, -0.05) is 30.3 Å². The van der Waals surface area contributed by atoms with E-state index < -0.39 is 6.09 Å². The number of carbonyl (C=O) groups is 2. The molecule has 0 aromatic heterocycles. The first-order chi connectivity index (χ1) is 9.53. The minimum atomic E-state index is -0.869. The Morgan fingerprint density at radius 1 is 1.25 bits per heavy atom. The maximum Gasteiger partial charge on any atom is 0.407 e. The highest BCUT2D eigenvalue weighted by Gasteiger charge is 2.37. The third-order valence-electron chi connectivity index (χ3n) is 4.05. The number of benzene rings is 1. The van der Waals surface area contributed by atoms with Gasteiger partial charge in [0.05, 0.1) is 0 Å². The van der Waals surface area contributed by atoms with E-state index in [0.717, 1.165) is 12.8 Å². The zero-order chi connectivity index (χ0) is 14.6. The molecule has 0 radical (unpaired) electrons. The maximum absolute atomic E-state index is 11.2. The van der Waals surface area contributed by atoms with Crippen molar-refractivity contribution in [3.8, 4) is 0 Å². The van der Waals surface area contributed by atoms with Crippen LogP contribution in [0.15, 0.2) is 30.3 Å². The molecule has 1 fully saturated rings. The van der Waals surface area contributed by atoms with Crippen molar-refractivity contribution < 1.29 is 14.7 Å². The SMILES string of the molecule is CC(=O)NCC1(c2ccccc2)CCN(C(=O)O)CC1. The minimum Gasteiger partial charge on any atom is -0.465 e. The molecule has 1 heterocycles. The van der Waals surface area contributed by atoms with E-state index in [-0.39, 0.29) is 11.3 Å². The largest absolute Gasteiger partial charge is 0.465 e. The van der Waals surface area contributed by atoms with E-state index in [1.165, 1.54) is 17.4 Å². The van der Waals surface area contributed by atoms with Crippen LogP contribution in [0.4, 0.5) is 4.79 Å². The van der Waals surface area contributed by atoms with Gasteiger partial charge in [-0.25, -0.2) is 4.79 Å². The molecule has 20 heavy (non-hydrogen) atoms. The molecule has 0 atom stereocenters. The van der Waals surface area contributed by atoms with E-state index in [1.807, 2.05) is 18.2 Å². The summed E-state index contributed by atoms with van der Waals surface area (Å²) >= 11 is 0. The molecule has 0 bridgehead atoms. The molecule has 5 heteroatoms. The van der Waals surface area contributed by atoms with Crippen molar-refractivity contribution >= 4 is 12.0 Å². The fraction of sp³-hybridized carbons (Fsp3) is 0.467. The molecule has 0 saturated carbocycles. The lowest BCUT2D eigenvalue weighted by Gasteiger charge is -2.41. The number of piperidine rings is 1. The molecule has 2 amide bonds. The minimum absolute atomic E-state index is 0.0547. The summed E-state index contributed by atoms with van der Waals surface area (Å²) in [6, 6.07) is 10.0. The van der Waals surface area contributed by atoms with Gasteiger partial charge in [0.15, 0.2) is 0 Å². The standard InChI is InChI=1S/C15H20N2O3/c1-12(18)16-11-15(13-5-3-2-4-6-13)7-9-17(10-8-15)14(19)20/h2-6H,7-11H2,1H3,(H,16,18)(H,19,20). The highest BCUT2D eigenvalue weighted by Crippen LogP contribution is 2.35. The number of likely N-dealkylation sites (tertiary alicyclic amines) is 1. The van der Waals surface area contributed by atoms with Crippen LogP contribution in [0.2, 0.25) is 0 Å². The summed E-state index contributed by atoms with van der Waals surface area (Å²) < 4.78 is 0. The van der Waals surface area contributed by atoms with Crippen LogP contribution in [0.5, 0.6) is 0 Å². The molecule has 1 aliphatic rings. The number of carbonyl (C=O) groups excluding carboxylic acids is 1. The van der Waals surface area contributed by atoms with E-state index in [1.54, 1.807) is 0 Å². The van der Waals surface area contributed by atoms with Crippen molar-refractivity contribution in [2.24, 2.45) is 0 Å². The molecular formula is C15H20N2O3. The van der Waals surface area contributed by atoms with Gasteiger partial charge in [-0.15, -0.1) is 0 Å². The molecule has 0 unspecified atom stereocenters. The van der Waals surface area contributed by atoms with E-state index in [2.05, 4.69) is 17.4 Å². The quantitative estimate of drug-likeness (QED) is 0.885. The van der Waals surface area contributed by atoms with Crippen molar-refractivity contribution in [3.63, 3.8) is 0 Å². The Bertz CT molecular complexity index is 479. The van der Waals surface area contributed by atoms with Crippen LogP contribution in [0.3, 0.4) is 0 Å². The highest BCUT2D eigenvalue weighted by atomic mass is 16.4. The number of rotatable bonds is 3. The second-order valence-corrected chi connectivity index (χ2v) is 5.33. The van der Waals surface area contributed by atoms with Gasteiger partial charge in [-0.2, -0.15) is 0 Å². The van der Waals surface area contributed by atoms with Crippen LogP contribution >= 0.6 is 0 Å². The van der Waals surface area contributed by atoms with E-state index in [0.29, 0.717) is 19.6 Å². The maximum atomic E-state index is 11.2. The van der Waals surface area contributed by atoms with Gasteiger partial charge in [-0.3, -0.25) is 4.79 Å². The highest BCUT2D eigenvalue weighted by molar-refractivity contribution is 5.73. The molecule has 1 saturated heterocycles. The van der Waals surface area contributed by atoms with Crippen LogP contribution < -0.4 is 5.32 Å². The van der Waals surface area contributed by atoms with Crippen LogP contribution in [-0.2, 0) is 10.2 Å². The van der Waals surface area contributed by atoms with Crippen LogP contribution in [-0.4, -0.2) is 41.6 Å². The number of hydrogen-bond donors (Lipinski definition) is 2. The summed E-state index contributed by atoms with van der Waals surface area (Å²) in [7, 11) is 0. The molecule has 1 aromatic rings. The summed E-state index contributed by atoms with van der Waals surface area (Å²) in [5.41, 5.74) is 0.998. The Morgan fingerprint density at radius 2 is 1.85 bits per heavy atom. The first-order valence-electron chi connectivity index (χ1n) is 6.81. The molecule has 1 aliphatic heterocycles. The average molecular weight is 276 g/mol. The number of carboxylic acid groups (broad SMARTS) is 1. The average Bonchev–Trinajstić information content (AvgIpc) is 2.46. The lowest BCUT2D eigenvalue weighted by atomic mass is 9.72. The van der Waals surface area contributed by atoms with Gasteiger partial charge in [0.2, 0.25) is 5.91 Å². The summed E-state index contributed by atoms with van der Waals surface area (Å²) in [5.74, 6) is -0.0547. The first-order valence-corrected chi connectivity index (χ1v) is 6.81. The third kappa shape index (κ3) is 3.10. The van der Waals surface area contributed by atoms with Crippen LogP contribution in [0.1, 0.15) is 25.3 Å². The summed E-state index contributed by atoms with van der Waals surface area (Å²) in [4.78, 5) is 23.7. The van der Waals surface area contributed by atoms with Gasteiger partial charge in [-0.05, 0) is 18.4 Å². The zero-order valence-electron chi connectivity index (χ0n) is 11.6. The van der Waals surface area contributed by atoms with Crippen LogP contribution in [0, 0.1) is 0 Å². The monoisotopic (exact) mass is 276 g/mol. The first kappa shape index (κ1) is 14.4. The summed E-state index contributed by atoms with van der Waals surface area (Å²) in [6.07, 6.45) is 0.582. The second kappa shape index (κ2) is 5.94. The van der Waals surface area contributed by atoms with Gasteiger partial charge >= 0.3 is 6.09 Å². The Balaban J connectivity index is 2.18. The smallest absolute Gasteiger partial charge is 0.407 e. The molecule has 5 nitrogen and oxygen atoms in total. The molecule has 108 valence electrons. The normalized spacial score (nSPS) is 17.6. The molecule has 0 aliphatic carbocycles. The Hall–Kier alpha value is -2.04. The summed E-state index contributed by atoms with van der Waals surface area (Å²) in [6.45, 7) is 3.07. The lowest BCUT2D eigenvalue weighted by molar-refractivity contribution is -0.119. The van der Waals surface area contributed by atoms with Gasteiger partial charge < -0.3 is 15.3 Å². The molecule has 1 aromatic carbocycles. The van der Waals surface area contributed by atoms with Crippen molar-refractivity contribution in [3.05, 3.63) is 35.9 Å². The fourth-order valence-corrected chi connectivity index (χ4v) is 2.78. The number of hydrogen-bond acceptors (Lipinski definition) is 2. The number of amides is 2. The molecule has 0 spiro atoms. The van der Waals surface area contributed by atoms with Crippen molar-refractivity contribution in [1.29, 1.82) is 0 Å². The van der Waals surface area contributed by atoms with E-state index in [4.69, 9.17) is 5.11 Å². The predicted molar refractivity (Wildman–Crippen MR) is 75.6 cm³/mol. The van der Waals surface area contributed by atoms with Crippen molar-refractivity contribution in [2.45, 2.75) is 25.2 Å². The Morgan fingerprint density at radius 3 is 2.35 bits per heavy atom. The van der Waals surface area contributed by atoms with E-state index in [9.17, 15) is 9.59 Å². The lowest BCUT2D eigenvalue weighted by Crippen LogP contribution is -2.49. The van der Waals surface area contributed by atoms with Gasteiger partial charge in [0.25, 0.3) is 0 Å². The molecule has 2 N–H and O–H groups in total. The van der Waals surface area contributed by atoms with E-state index >= 15 is 0 Å². The Labute approximate surface area is 118 Å². The molecule has 2 rings (SSSR count).